The molecule has 3 heteroatoms. The number of benzene rings is 1. The van der Waals surface area contributed by atoms with Crippen molar-refractivity contribution in [2.75, 3.05) is 12.4 Å². The van der Waals surface area contributed by atoms with Crippen molar-refractivity contribution >= 4 is 17.7 Å². The third-order valence-corrected chi connectivity index (χ3v) is 3.21. The summed E-state index contributed by atoms with van der Waals surface area (Å²) in [4.78, 5) is 12.9. The Bertz CT molecular complexity index is 361. The van der Waals surface area contributed by atoms with Crippen LogP contribution in [0.2, 0.25) is 0 Å². The van der Waals surface area contributed by atoms with E-state index in [0.29, 0.717) is 6.61 Å². The Morgan fingerprint density at radius 2 is 2.06 bits per heavy atom. The molecule has 1 aromatic rings. The fourth-order valence-electron chi connectivity index (χ4n) is 1.58. The minimum atomic E-state index is -0.198. The molecule has 1 aromatic carbocycles. The minimum Gasteiger partial charge on any atom is -0.462 e. The molecule has 0 aliphatic heterocycles. The molecular formula is C13H18O2S. The Kier molecular flexibility index (Phi) is 5.39. The van der Waals surface area contributed by atoms with Crippen LogP contribution in [0.5, 0.6) is 0 Å². The molecule has 0 saturated carbocycles. The summed E-state index contributed by atoms with van der Waals surface area (Å²) in [5.41, 5.74) is 1.82. The molecule has 0 amide bonds. The van der Waals surface area contributed by atoms with E-state index in [1.54, 1.807) is 11.8 Å². The van der Waals surface area contributed by atoms with Crippen molar-refractivity contribution in [3.05, 3.63) is 29.3 Å². The lowest BCUT2D eigenvalue weighted by molar-refractivity contribution is 0.0521. The number of carbonyl (C=O) groups excluding carboxylic acids is 1. The van der Waals surface area contributed by atoms with E-state index in [4.69, 9.17) is 4.74 Å². The van der Waals surface area contributed by atoms with E-state index in [0.717, 1.165) is 28.2 Å². The highest BCUT2D eigenvalue weighted by Gasteiger charge is 2.16. The highest BCUT2D eigenvalue weighted by molar-refractivity contribution is 7.99. The number of hydrogen-bond donors (Lipinski definition) is 0. The summed E-state index contributed by atoms with van der Waals surface area (Å²) in [6.45, 7) is 6.39. The number of rotatable bonds is 5. The zero-order valence-corrected chi connectivity index (χ0v) is 10.9. The molecular weight excluding hydrogens is 220 g/mol. The molecule has 88 valence electrons. The quantitative estimate of drug-likeness (QED) is 0.580. The van der Waals surface area contributed by atoms with E-state index >= 15 is 0 Å². The Labute approximate surface area is 101 Å². The van der Waals surface area contributed by atoms with Gasteiger partial charge in [-0.25, -0.2) is 4.79 Å². The van der Waals surface area contributed by atoms with Gasteiger partial charge in [-0.05, 0) is 30.7 Å². The average Bonchev–Trinajstić information content (AvgIpc) is 2.29. The topological polar surface area (TPSA) is 26.3 Å². The van der Waals surface area contributed by atoms with Crippen LogP contribution in [-0.2, 0) is 11.2 Å². The van der Waals surface area contributed by atoms with Crippen LogP contribution in [0.4, 0.5) is 0 Å². The predicted octanol–water partition coefficient (Wildman–Crippen LogP) is 3.54. The highest BCUT2D eigenvalue weighted by Crippen LogP contribution is 2.26. The summed E-state index contributed by atoms with van der Waals surface area (Å²) in [6.07, 6.45) is 0.853. The van der Waals surface area contributed by atoms with Gasteiger partial charge in [-0.3, -0.25) is 0 Å². The van der Waals surface area contributed by atoms with Gasteiger partial charge in [0.15, 0.2) is 0 Å². The Balaban J connectivity index is 3.13. The first-order chi connectivity index (χ1) is 7.74. The van der Waals surface area contributed by atoms with Crippen LogP contribution < -0.4 is 0 Å². The minimum absolute atomic E-state index is 0.198. The van der Waals surface area contributed by atoms with E-state index in [2.05, 4.69) is 13.8 Å². The van der Waals surface area contributed by atoms with Crippen molar-refractivity contribution in [2.45, 2.75) is 32.1 Å². The summed E-state index contributed by atoms with van der Waals surface area (Å²) in [5.74, 6) is 0.760. The molecule has 0 unspecified atom stereocenters. The average molecular weight is 238 g/mol. The van der Waals surface area contributed by atoms with E-state index in [1.807, 2.05) is 25.1 Å². The lowest BCUT2D eigenvalue weighted by atomic mass is 10.1. The molecule has 0 atom stereocenters. The molecule has 0 aliphatic carbocycles. The zero-order valence-electron chi connectivity index (χ0n) is 10.1. The van der Waals surface area contributed by atoms with Crippen molar-refractivity contribution in [2.24, 2.45) is 0 Å². The summed E-state index contributed by atoms with van der Waals surface area (Å²) in [6, 6.07) is 5.98. The second-order valence-electron chi connectivity index (χ2n) is 3.30. The van der Waals surface area contributed by atoms with Crippen LogP contribution in [0, 0.1) is 0 Å². The monoisotopic (exact) mass is 238 g/mol. The smallest absolute Gasteiger partial charge is 0.339 e. The van der Waals surface area contributed by atoms with Crippen LogP contribution >= 0.6 is 11.8 Å². The molecule has 0 aromatic heterocycles. The van der Waals surface area contributed by atoms with Gasteiger partial charge in [0, 0.05) is 4.90 Å². The molecule has 0 aliphatic rings. The number of thioether (sulfide) groups is 1. The molecule has 16 heavy (non-hydrogen) atoms. The van der Waals surface area contributed by atoms with Gasteiger partial charge in [0.1, 0.15) is 0 Å². The third-order valence-electron chi connectivity index (χ3n) is 2.27. The summed E-state index contributed by atoms with van der Waals surface area (Å²) < 4.78 is 5.11. The number of aryl methyl sites for hydroxylation is 1. The molecule has 0 saturated heterocycles. The lowest BCUT2D eigenvalue weighted by Gasteiger charge is -2.11. The van der Waals surface area contributed by atoms with Crippen molar-refractivity contribution in [3.63, 3.8) is 0 Å². The fourth-order valence-corrected chi connectivity index (χ4v) is 2.43. The molecule has 0 bridgehead atoms. The summed E-state index contributed by atoms with van der Waals surface area (Å²) in [5, 5.41) is 0. The van der Waals surface area contributed by atoms with E-state index in [-0.39, 0.29) is 5.97 Å². The third kappa shape index (κ3) is 3.01. The molecule has 0 N–H and O–H groups in total. The molecule has 0 heterocycles. The van der Waals surface area contributed by atoms with Gasteiger partial charge in [0.2, 0.25) is 0 Å². The van der Waals surface area contributed by atoms with Gasteiger partial charge < -0.3 is 4.74 Å². The van der Waals surface area contributed by atoms with Crippen LogP contribution in [0.25, 0.3) is 0 Å². The maximum absolute atomic E-state index is 11.9. The van der Waals surface area contributed by atoms with Gasteiger partial charge in [0.05, 0.1) is 12.2 Å². The first-order valence-corrected chi connectivity index (χ1v) is 6.64. The van der Waals surface area contributed by atoms with Crippen molar-refractivity contribution in [1.29, 1.82) is 0 Å². The van der Waals surface area contributed by atoms with Gasteiger partial charge in [0.25, 0.3) is 0 Å². The highest BCUT2D eigenvalue weighted by atomic mass is 32.2. The largest absolute Gasteiger partial charge is 0.462 e. The van der Waals surface area contributed by atoms with Crippen molar-refractivity contribution < 1.29 is 9.53 Å². The number of ether oxygens (including phenoxy) is 1. The van der Waals surface area contributed by atoms with Crippen molar-refractivity contribution in [1.82, 2.24) is 0 Å². The van der Waals surface area contributed by atoms with Gasteiger partial charge >= 0.3 is 5.97 Å². The summed E-state index contributed by atoms with van der Waals surface area (Å²) >= 11 is 1.68. The molecule has 0 radical (unpaired) electrons. The Hall–Kier alpha value is -0.960. The number of hydrogen-bond acceptors (Lipinski definition) is 3. The normalized spacial score (nSPS) is 10.2. The first-order valence-electron chi connectivity index (χ1n) is 5.66. The van der Waals surface area contributed by atoms with E-state index in [1.165, 1.54) is 0 Å². The van der Waals surface area contributed by atoms with Gasteiger partial charge in [-0.1, -0.05) is 26.0 Å². The van der Waals surface area contributed by atoms with E-state index in [9.17, 15) is 4.79 Å². The van der Waals surface area contributed by atoms with Gasteiger partial charge in [-0.15, -0.1) is 11.8 Å². The second-order valence-corrected chi connectivity index (χ2v) is 4.60. The van der Waals surface area contributed by atoms with Crippen molar-refractivity contribution in [3.8, 4) is 0 Å². The maximum Gasteiger partial charge on any atom is 0.339 e. The predicted molar refractivity (Wildman–Crippen MR) is 68.2 cm³/mol. The Morgan fingerprint density at radius 1 is 1.31 bits per heavy atom. The number of carbonyl (C=O) groups is 1. The summed E-state index contributed by atoms with van der Waals surface area (Å²) in [7, 11) is 0. The second kappa shape index (κ2) is 6.59. The van der Waals surface area contributed by atoms with Crippen LogP contribution in [0.15, 0.2) is 23.1 Å². The van der Waals surface area contributed by atoms with Crippen LogP contribution in [0.3, 0.4) is 0 Å². The molecule has 0 spiro atoms. The Morgan fingerprint density at radius 3 is 2.62 bits per heavy atom. The van der Waals surface area contributed by atoms with Gasteiger partial charge in [-0.2, -0.15) is 0 Å². The van der Waals surface area contributed by atoms with Crippen LogP contribution in [-0.4, -0.2) is 18.3 Å². The molecule has 1 rings (SSSR count). The maximum atomic E-state index is 11.9. The van der Waals surface area contributed by atoms with Crippen LogP contribution in [0.1, 0.15) is 36.7 Å². The SMILES string of the molecule is CCOC(=O)c1c(CC)cccc1SCC. The lowest BCUT2D eigenvalue weighted by Crippen LogP contribution is -2.09. The molecule has 0 fully saturated rings. The molecule has 2 nitrogen and oxygen atoms in total. The standard InChI is InChI=1S/C13H18O2S/c1-4-10-8-7-9-11(16-6-3)12(10)13(14)15-5-2/h7-9H,4-6H2,1-3H3. The first kappa shape index (κ1) is 13.1. The zero-order chi connectivity index (χ0) is 12.0. The van der Waals surface area contributed by atoms with E-state index < -0.39 is 0 Å². The number of esters is 1. The fraction of sp³-hybridized carbons (Fsp3) is 0.462.